The lowest BCUT2D eigenvalue weighted by Gasteiger charge is -2.08. The van der Waals surface area contributed by atoms with E-state index in [9.17, 15) is 9.59 Å². The maximum atomic E-state index is 10.6. The third-order valence-electron chi connectivity index (χ3n) is 2.46. The maximum Gasteiger partial charge on any atom is 0.312 e. The molecule has 2 atom stereocenters. The summed E-state index contributed by atoms with van der Waals surface area (Å²) in [5.74, 6) is -0.699. The van der Waals surface area contributed by atoms with Crippen molar-refractivity contribution in [3.8, 4) is 0 Å². The molecular formula is C8H14N2O3. The standard InChI is InChI=1S/C8H14N2O3/c9-8(13)10-4-5-1-2-6(3-5)7(11)12/h5-6H,1-4H2,(H,11,12)(H3,9,10,13). The number of carbonyl (C=O) groups excluding carboxylic acids is 1. The molecule has 0 aromatic rings. The highest BCUT2D eigenvalue weighted by molar-refractivity contribution is 5.72. The summed E-state index contributed by atoms with van der Waals surface area (Å²) in [5, 5.41) is 11.2. The minimum absolute atomic E-state index is 0.236. The Balaban J connectivity index is 2.25. The van der Waals surface area contributed by atoms with Gasteiger partial charge >= 0.3 is 12.0 Å². The summed E-state index contributed by atoms with van der Waals surface area (Å²) in [7, 11) is 0. The largest absolute Gasteiger partial charge is 0.481 e. The molecular weight excluding hydrogens is 172 g/mol. The molecule has 0 aliphatic heterocycles. The van der Waals surface area contributed by atoms with Crippen LogP contribution in [-0.2, 0) is 4.79 Å². The number of carboxylic acid groups (broad SMARTS) is 1. The van der Waals surface area contributed by atoms with Crippen LogP contribution < -0.4 is 11.1 Å². The monoisotopic (exact) mass is 186 g/mol. The third kappa shape index (κ3) is 2.93. The average Bonchev–Trinajstić information content (AvgIpc) is 2.48. The number of hydrogen-bond acceptors (Lipinski definition) is 2. The summed E-state index contributed by atoms with van der Waals surface area (Å²) in [6.07, 6.45) is 2.22. The fraction of sp³-hybridized carbons (Fsp3) is 0.750. The number of carbonyl (C=O) groups is 2. The summed E-state index contributed by atoms with van der Waals surface area (Å²) in [6.45, 7) is 0.499. The van der Waals surface area contributed by atoms with Crippen LogP contribution in [0.2, 0.25) is 0 Å². The fourth-order valence-corrected chi connectivity index (χ4v) is 1.73. The number of hydrogen-bond donors (Lipinski definition) is 3. The van der Waals surface area contributed by atoms with Gasteiger partial charge in [0.25, 0.3) is 0 Å². The molecule has 2 amide bonds. The second kappa shape index (κ2) is 4.11. The average molecular weight is 186 g/mol. The van der Waals surface area contributed by atoms with Crippen molar-refractivity contribution in [3.05, 3.63) is 0 Å². The number of nitrogens with one attached hydrogen (secondary N) is 1. The van der Waals surface area contributed by atoms with Gasteiger partial charge in [-0.3, -0.25) is 4.79 Å². The second-order valence-corrected chi connectivity index (χ2v) is 3.46. The molecule has 0 heterocycles. The van der Waals surface area contributed by atoms with Gasteiger partial charge in [0, 0.05) is 6.54 Å². The van der Waals surface area contributed by atoms with Crippen LogP contribution in [0, 0.1) is 11.8 Å². The highest BCUT2D eigenvalue weighted by Crippen LogP contribution is 2.30. The van der Waals surface area contributed by atoms with Crippen LogP contribution in [0.4, 0.5) is 4.79 Å². The molecule has 0 radical (unpaired) electrons. The van der Waals surface area contributed by atoms with E-state index < -0.39 is 12.0 Å². The Morgan fingerprint density at radius 1 is 1.46 bits per heavy atom. The van der Waals surface area contributed by atoms with E-state index in [0.29, 0.717) is 19.4 Å². The van der Waals surface area contributed by atoms with Crippen molar-refractivity contribution in [1.29, 1.82) is 0 Å². The number of nitrogens with two attached hydrogens (primary N) is 1. The molecule has 1 rings (SSSR count). The first kappa shape index (κ1) is 9.83. The zero-order chi connectivity index (χ0) is 9.84. The molecule has 5 heteroatoms. The number of aliphatic carboxylic acids is 1. The van der Waals surface area contributed by atoms with Crippen molar-refractivity contribution in [2.75, 3.05) is 6.54 Å². The maximum absolute atomic E-state index is 10.6. The minimum atomic E-state index is -0.735. The van der Waals surface area contributed by atoms with Crippen molar-refractivity contribution < 1.29 is 14.7 Å². The van der Waals surface area contributed by atoms with Gasteiger partial charge in [-0.2, -0.15) is 0 Å². The van der Waals surface area contributed by atoms with E-state index in [1.54, 1.807) is 0 Å². The third-order valence-corrected chi connectivity index (χ3v) is 2.46. The molecule has 4 N–H and O–H groups in total. The Kier molecular flexibility index (Phi) is 3.11. The van der Waals surface area contributed by atoms with Gasteiger partial charge in [0.15, 0.2) is 0 Å². The Hall–Kier alpha value is -1.26. The van der Waals surface area contributed by atoms with Crippen molar-refractivity contribution in [1.82, 2.24) is 5.32 Å². The Morgan fingerprint density at radius 3 is 2.62 bits per heavy atom. The topological polar surface area (TPSA) is 92.4 Å². The molecule has 1 aliphatic rings. The smallest absolute Gasteiger partial charge is 0.312 e. The number of carboxylic acids is 1. The highest BCUT2D eigenvalue weighted by Gasteiger charge is 2.29. The Bertz CT molecular complexity index is 217. The van der Waals surface area contributed by atoms with Gasteiger partial charge in [-0.25, -0.2) is 4.79 Å². The Labute approximate surface area is 76.3 Å². The molecule has 1 aliphatic carbocycles. The normalized spacial score (nSPS) is 27.1. The SMILES string of the molecule is NC(=O)NCC1CCC(C(=O)O)C1. The predicted octanol–water partition coefficient (Wildman–Crippen LogP) is 0.156. The van der Waals surface area contributed by atoms with E-state index in [4.69, 9.17) is 10.8 Å². The molecule has 1 saturated carbocycles. The summed E-state index contributed by atoms with van der Waals surface area (Å²) >= 11 is 0. The fourth-order valence-electron chi connectivity index (χ4n) is 1.73. The van der Waals surface area contributed by atoms with Gasteiger partial charge in [-0.15, -0.1) is 0 Å². The molecule has 0 saturated heterocycles. The van der Waals surface area contributed by atoms with Crippen LogP contribution in [0.5, 0.6) is 0 Å². The first-order valence-corrected chi connectivity index (χ1v) is 4.35. The quantitative estimate of drug-likeness (QED) is 0.586. The van der Waals surface area contributed by atoms with Gasteiger partial charge in [0.1, 0.15) is 0 Å². The van der Waals surface area contributed by atoms with E-state index in [-0.39, 0.29) is 11.8 Å². The molecule has 0 aromatic heterocycles. The van der Waals surface area contributed by atoms with Crippen LogP contribution in [-0.4, -0.2) is 23.7 Å². The van der Waals surface area contributed by atoms with Crippen molar-refractivity contribution in [2.24, 2.45) is 17.6 Å². The van der Waals surface area contributed by atoms with E-state index >= 15 is 0 Å². The molecule has 0 spiro atoms. The molecule has 74 valence electrons. The summed E-state index contributed by atoms with van der Waals surface area (Å²) in [6, 6.07) is -0.543. The van der Waals surface area contributed by atoms with Crippen LogP contribution >= 0.6 is 0 Å². The van der Waals surface area contributed by atoms with Crippen molar-refractivity contribution in [3.63, 3.8) is 0 Å². The molecule has 0 aromatic carbocycles. The first-order chi connectivity index (χ1) is 6.09. The van der Waals surface area contributed by atoms with Crippen molar-refractivity contribution in [2.45, 2.75) is 19.3 Å². The zero-order valence-corrected chi connectivity index (χ0v) is 7.32. The second-order valence-electron chi connectivity index (χ2n) is 3.46. The lowest BCUT2D eigenvalue weighted by atomic mass is 10.1. The molecule has 13 heavy (non-hydrogen) atoms. The van der Waals surface area contributed by atoms with Crippen LogP contribution in [0.1, 0.15) is 19.3 Å². The van der Waals surface area contributed by atoms with Crippen LogP contribution in [0.3, 0.4) is 0 Å². The van der Waals surface area contributed by atoms with Crippen LogP contribution in [0.15, 0.2) is 0 Å². The van der Waals surface area contributed by atoms with Gasteiger partial charge in [0.2, 0.25) is 0 Å². The van der Waals surface area contributed by atoms with Gasteiger partial charge in [-0.1, -0.05) is 0 Å². The highest BCUT2D eigenvalue weighted by atomic mass is 16.4. The predicted molar refractivity (Wildman–Crippen MR) is 46.1 cm³/mol. The van der Waals surface area contributed by atoms with Gasteiger partial charge in [-0.05, 0) is 25.2 Å². The van der Waals surface area contributed by atoms with E-state index in [0.717, 1.165) is 6.42 Å². The van der Waals surface area contributed by atoms with Gasteiger partial charge < -0.3 is 16.2 Å². The Morgan fingerprint density at radius 2 is 2.15 bits per heavy atom. The minimum Gasteiger partial charge on any atom is -0.481 e. The number of amides is 2. The number of rotatable bonds is 3. The first-order valence-electron chi connectivity index (χ1n) is 4.35. The van der Waals surface area contributed by atoms with Crippen molar-refractivity contribution >= 4 is 12.0 Å². The molecule has 1 fully saturated rings. The lowest BCUT2D eigenvalue weighted by molar-refractivity contribution is -0.141. The molecule has 5 nitrogen and oxygen atoms in total. The molecule has 0 bridgehead atoms. The number of primary amides is 1. The van der Waals surface area contributed by atoms with Gasteiger partial charge in [0.05, 0.1) is 5.92 Å². The summed E-state index contributed by atoms with van der Waals surface area (Å²) in [5.41, 5.74) is 4.90. The molecule has 2 unspecified atom stereocenters. The van der Waals surface area contributed by atoms with Crippen LogP contribution in [0.25, 0.3) is 0 Å². The summed E-state index contributed by atoms with van der Waals surface area (Å²) in [4.78, 5) is 20.9. The lowest BCUT2D eigenvalue weighted by Crippen LogP contribution is -2.33. The summed E-state index contributed by atoms with van der Waals surface area (Å²) < 4.78 is 0. The van der Waals surface area contributed by atoms with E-state index in [1.165, 1.54) is 0 Å². The van der Waals surface area contributed by atoms with E-state index in [2.05, 4.69) is 5.32 Å². The number of urea groups is 1. The van der Waals surface area contributed by atoms with E-state index in [1.807, 2.05) is 0 Å². The zero-order valence-electron chi connectivity index (χ0n) is 7.32.